The van der Waals surface area contributed by atoms with Crippen LogP contribution in [0.5, 0.6) is 5.75 Å². The smallest absolute Gasteiger partial charge is 0.326 e. The van der Waals surface area contributed by atoms with Gasteiger partial charge in [0.2, 0.25) is 0 Å². The zero-order chi connectivity index (χ0) is 18.6. The second-order valence-corrected chi connectivity index (χ2v) is 9.28. The molecule has 0 aromatic heterocycles. The minimum Gasteiger partial charge on any atom is -0.425 e. The van der Waals surface area contributed by atoms with Crippen molar-refractivity contribution in [2.75, 3.05) is 0 Å². The molecule has 0 saturated heterocycles. The Kier molecular flexibility index (Phi) is 3.87. The highest BCUT2D eigenvalue weighted by Crippen LogP contribution is 2.50. The topological polar surface area (TPSA) is 26.3 Å². The highest BCUT2D eigenvalue weighted by atomic mass is 16.5. The Morgan fingerprint density at radius 3 is 2.00 bits per heavy atom. The molecule has 0 spiro atoms. The van der Waals surface area contributed by atoms with Gasteiger partial charge in [-0.2, -0.15) is 0 Å². The van der Waals surface area contributed by atoms with Crippen LogP contribution in [0, 0.1) is 0 Å². The van der Waals surface area contributed by atoms with Crippen LogP contribution in [0.25, 0.3) is 0 Å². The van der Waals surface area contributed by atoms with Crippen molar-refractivity contribution in [3.63, 3.8) is 0 Å². The van der Waals surface area contributed by atoms with E-state index in [2.05, 4.69) is 53.7 Å². The molecule has 0 bridgehead atoms. The molecular formula is C23H28O2. The monoisotopic (exact) mass is 336 g/mol. The van der Waals surface area contributed by atoms with Crippen LogP contribution in [0.15, 0.2) is 42.5 Å². The summed E-state index contributed by atoms with van der Waals surface area (Å²) in [4.78, 5) is 13.0. The van der Waals surface area contributed by atoms with Crippen molar-refractivity contribution in [3.8, 4) is 5.75 Å². The fraction of sp³-hybridized carbons (Fsp3) is 0.435. The summed E-state index contributed by atoms with van der Waals surface area (Å²) in [6, 6.07) is 14.3. The molecule has 3 rings (SSSR count). The Balaban J connectivity index is 2.35. The van der Waals surface area contributed by atoms with Gasteiger partial charge in [-0.3, -0.25) is 4.79 Å². The summed E-state index contributed by atoms with van der Waals surface area (Å²) in [5.74, 6) is 0.558. The van der Waals surface area contributed by atoms with Crippen molar-refractivity contribution >= 4 is 5.97 Å². The van der Waals surface area contributed by atoms with Gasteiger partial charge in [0.15, 0.2) is 0 Å². The highest BCUT2D eigenvalue weighted by Gasteiger charge is 2.48. The average molecular weight is 336 g/mol. The van der Waals surface area contributed by atoms with Crippen molar-refractivity contribution < 1.29 is 9.53 Å². The van der Waals surface area contributed by atoms with Crippen molar-refractivity contribution in [3.05, 3.63) is 64.7 Å². The maximum absolute atomic E-state index is 13.0. The third-order valence-electron chi connectivity index (χ3n) is 5.26. The van der Waals surface area contributed by atoms with Crippen LogP contribution in [0.2, 0.25) is 0 Å². The third kappa shape index (κ3) is 2.78. The SMILES string of the molecule is CC(C)(C)c1cc(C(C)(C)C)c2c(c1)C(C)(c1ccccc1)C(=O)O2. The first-order chi connectivity index (χ1) is 11.5. The summed E-state index contributed by atoms with van der Waals surface area (Å²) >= 11 is 0. The van der Waals surface area contributed by atoms with Gasteiger partial charge in [-0.1, -0.05) is 84.0 Å². The fourth-order valence-electron chi connectivity index (χ4n) is 3.45. The summed E-state index contributed by atoms with van der Waals surface area (Å²) in [5.41, 5.74) is 3.43. The second-order valence-electron chi connectivity index (χ2n) is 9.28. The van der Waals surface area contributed by atoms with Gasteiger partial charge in [0.1, 0.15) is 11.2 Å². The zero-order valence-electron chi connectivity index (χ0n) is 16.4. The summed E-state index contributed by atoms with van der Waals surface area (Å²) in [7, 11) is 0. The van der Waals surface area contributed by atoms with E-state index < -0.39 is 5.41 Å². The van der Waals surface area contributed by atoms with Crippen LogP contribution in [-0.2, 0) is 21.0 Å². The molecule has 1 atom stereocenters. The molecule has 0 N–H and O–H groups in total. The summed E-state index contributed by atoms with van der Waals surface area (Å²) < 4.78 is 5.86. The van der Waals surface area contributed by atoms with Gasteiger partial charge < -0.3 is 4.74 Å². The van der Waals surface area contributed by atoms with Gasteiger partial charge in [-0.25, -0.2) is 0 Å². The maximum Gasteiger partial charge on any atom is 0.326 e. The van der Waals surface area contributed by atoms with Gasteiger partial charge in [0.05, 0.1) is 0 Å². The van der Waals surface area contributed by atoms with E-state index in [4.69, 9.17) is 4.74 Å². The number of benzene rings is 2. The number of esters is 1. The van der Waals surface area contributed by atoms with Crippen molar-refractivity contribution in [1.82, 2.24) is 0 Å². The van der Waals surface area contributed by atoms with Gasteiger partial charge in [0, 0.05) is 11.1 Å². The Morgan fingerprint density at radius 2 is 1.48 bits per heavy atom. The lowest BCUT2D eigenvalue weighted by molar-refractivity contribution is -0.136. The molecule has 132 valence electrons. The molecule has 0 fully saturated rings. The first-order valence-electron chi connectivity index (χ1n) is 8.93. The standard InChI is InChI=1S/C23H28O2/c1-21(2,3)16-13-17(22(4,5)6)19-18(14-16)23(7,20(24)25-19)15-11-9-8-10-12-15/h8-14H,1-7H3. The van der Waals surface area contributed by atoms with Gasteiger partial charge in [-0.05, 0) is 28.9 Å². The largest absolute Gasteiger partial charge is 0.425 e. The highest BCUT2D eigenvalue weighted by molar-refractivity contribution is 5.94. The second kappa shape index (κ2) is 5.45. The van der Waals surface area contributed by atoms with E-state index >= 15 is 0 Å². The Hall–Kier alpha value is -2.09. The molecule has 2 aromatic carbocycles. The van der Waals surface area contributed by atoms with Gasteiger partial charge in [-0.15, -0.1) is 0 Å². The van der Waals surface area contributed by atoms with E-state index in [9.17, 15) is 4.79 Å². The molecule has 1 aliphatic heterocycles. The molecule has 0 aliphatic carbocycles. The molecule has 1 heterocycles. The Labute approximate surface area is 151 Å². The molecule has 25 heavy (non-hydrogen) atoms. The predicted octanol–water partition coefficient (Wildman–Crippen LogP) is 5.51. The number of fused-ring (bicyclic) bond motifs is 1. The quantitative estimate of drug-likeness (QED) is 0.507. The molecule has 1 unspecified atom stereocenters. The van der Waals surface area contributed by atoms with Crippen molar-refractivity contribution in [2.24, 2.45) is 0 Å². The minimum absolute atomic E-state index is 0.00172. The van der Waals surface area contributed by atoms with E-state index in [-0.39, 0.29) is 16.8 Å². The third-order valence-corrected chi connectivity index (χ3v) is 5.26. The van der Waals surface area contributed by atoms with Crippen LogP contribution in [0.1, 0.15) is 70.7 Å². The lowest BCUT2D eigenvalue weighted by atomic mass is 9.72. The van der Waals surface area contributed by atoms with E-state index in [1.54, 1.807) is 0 Å². The molecular weight excluding hydrogens is 308 g/mol. The molecule has 2 nitrogen and oxygen atoms in total. The minimum atomic E-state index is -0.766. The molecule has 0 saturated carbocycles. The molecule has 0 radical (unpaired) electrons. The molecule has 1 aliphatic rings. The Morgan fingerprint density at radius 1 is 0.880 bits per heavy atom. The van der Waals surface area contributed by atoms with Crippen molar-refractivity contribution in [1.29, 1.82) is 0 Å². The number of rotatable bonds is 1. The number of carbonyl (C=O) groups excluding carboxylic acids is 1. The lowest BCUT2D eigenvalue weighted by Gasteiger charge is -2.28. The predicted molar refractivity (Wildman–Crippen MR) is 102 cm³/mol. The number of ether oxygens (including phenoxy) is 1. The molecule has 2 heteroatoms. The summed E-state index contributed by atoms with van der Waals surface area (Å²) in [5, 5.41) is 0. The molecule has 2 aromatic rings. The maximum atomic E-state index is 13.0. The van der Waals surface area contributed by atoms with Gasteiger partial charge >= 0.3 is 5.97 Å². The van der Waals surface area contributed by atoms with Crippen LogP contribution < -0.4 is 4.74 Å². The van der Waals surface area contributed by atoms with Crippen LogP contribution in [0.4, 0.5) is 0 Å². The average Bonchev–Trinajstić information content (AvgIpc) is 2.78. The van der Waals surface area contributed by atoms with Crippen LogP contribution in [0.3, 0.4) is 0 Å². The van der Waals surface area contributed by atoms with E-state index in [1.807, 2.05) is 37.3 Å². The Bertz CT molecular complexity index is 820. The number of hydrogen-bond acceptors (Lipinski definition) is 2. The summed E-state index contributed by atoms with van der Waals surface area (Å²) in [6.45, 7) is 15.1. The normalized spacial score (nSPS) is 20.4. The van der Waals surface area contributed by atoms with E-state index in [0.29, 0.717) is 0 Å². The fourth-order valence-corrected chi connectivity index (χ4v) is 3.45. The van der Waals surface area contributed by atoms with Crippen molar-refractivity contribution in [2.45, 2.75) is 64.7 Å². The van der Waals surface area contributed by atoms with Crippen LogP contribution >= 0.6 is 0 Å². The van der Waals surface area contributed by atoms with E-state index in [0.717, 1.165) is 22.4 Å². The first-order valence-corrected chi connectivity index (χ1v) is 8.93. The summed E-state index contributed by atoms with van der Waals surface area (Å²) in [6.07, 6.45) is 0. The first kappa shape index (κ1) is 17.7. The molecule has 0 amide bonds. The van der Waals surface area contributed by atoms with Gasteiger partial charge in [0.25, 0.3) is 0 Å². The number of hydrogen-bond donors (Lipinski definition) is 0. The lowest BCUT2D eigenvalue weighted by Crippen LogP contribution is -2.31. The van der Waals surface area contributed by atoms with E-state index in [1.165, 1.54) is 5.56 Å². The zero-order valence-corrected chi connectivity index (χ0v) is 16.4. The number of carbonyl (C=O) groups is 1. The van der Waals surface area contributed by atoms with Crippen LogP contribution in [-0.4, -0.2) is 5.97 Å².